The van der Waals surface area contributed by atoms with Crippen LogP contribution in [0.4, 0.5) is 0 Å². The highest BCUT2D eigenvalue weighted by atomic mass is 16.4. The maximum atomic E-state index is 10.3. The van der Waals surface area contributed by atoms with Crippen LogP contribution in [0.15, 0.2) is 0 Å². The number of nitriles is 1. The number of carboxylic acids is 1. The Morgan fingerprint density at radius 2 is 2.22 bits per heavy atom. The molecule has 0 unspecified atom stereocenters. The monoisotopic (exact) mass is 125 g/mol. The molecule has 0 aromatic rings. The Hall–Kier alpha value is -1.04. The van der Waals surface area contributed by atoms with Crippen LogP contribution in [-0.2, 0) is 4.79 Å². The van der Waals surface area contributed by atoms with Crippen LogP contribution in [0, 0.1) is 16.7 Å². The topological polar surface area (TPSA) is 61.1 Å². The van der Waals surface area contributed by atoms with Gasteiger partial charge in [-0.1, -0.05) is 0 Å². The first-order valence-electron chi connectivity index (χ1n) is 2.86. The number of rotatable bonds is 1. The third-order valence-corrected chi connectivity index (χ3v) is 1.83. The van der Waals surface area contributed by atoms with Gasteiger partial charge in [0.05, 0.1) is 6.07 Å². The molecule has 0 spiro atoms. The number of carbonyl (C=O) groups is 1. The smallest absolute Gasteiger partial charge is 0.324 e. The minimum absolute atomic E-state index is 0.527. The molecule has 0 aliphatic heterocycles. The van der Waals surface area contributed by atoms with Gasteiger partial charge in [0, 0.05) is 0 Å². The Bertz CT molecular complexity index is 176. The largest absolute Gasteiger partial charge is 0.480 e. The third-order valence-electron chi connectivity index (χ3n) is 1.83. The van der Waals surface area contributed by atoms with E-state index in [0.29, 0.717) is 12.8 Å². The molecule has 0 aromatic carbocycles. The lowest BCUT2D eigenvalue weighted by Crippen LogP contribution is -2.36. The van der Waals surface area contributed by atoms with Crippen LogP contribution in [0.1, 0.15) is 19.3 Å². The lowest BCUT2D eigenvalue weighted by molar-refractivity contribution is -0.149. The number of hydrogen-bond acceptors (Lipinski definition) is 2. The van der Waals surface area contributed by atoms with Gasteiger partial charge in [-0.25, -0.2) is 0 Å². The first kappa shape index (κ1) is 6.09. The summed E-state index contributed by atoms with van der Waals surface area (Å²) in [5, 5.41) is 16.8. The standard InChI is InChI=1S/C6H7NO2/c7-4-6(5(8)9)2-1-3-6/h1-3H2,(H,8,9). The summed E-state index contributed by atoms with van der Waals surface area (Å²) >= 11 is 0. The van der Waals surface area contributed by atoms with Crippen LogP contribution in [-0.4, -0.2) is 11.1 Å². The van der Waals surface area contributed by atoms with Crippen molar-refractivity contribution in [3.63, 3.8) is 0 Å². The molecule has 1 rings (SSSR count). The second-order valence-corrected chi connectivity index (χ2v) is 2.35. The first-order chi connectivity index (χ1) is 4.21. The highest BCUT2D eigenvalue weighted by Gasteiger charge is 2.44. The summed E-state index contributed by atoms with van der Waals surface area (Å²) in [6, 6.07) is 1.81. The van der Waals surface area contributed by atoms with Crippen LogP contribution < -0.4 is 0 Å². The van der Waals surface area contributed by atoms with Crippen molar-refractivity contribution in [1.82, 2.24) is 0 Å². The van der Waals surface area contributed by atoms with Crippen LogP contribution in [0.5, 0.6) is 0 Å². The van der Waals surface area contributed by atoms with Gasteiger partial charge in [-0.3, -0.25) is 4.79 Å². The van der Waals surface area contributed by atoms with E-state index in [2.05, 4.69) is 0 Å². The number of hydrogen-bond donors (Lipinski definition) is 1. The molecular formula is C6H7NO2. The van der Waals surface area contributed by atoms with Crippen LogP contribution in [0.25, 0.3) is 0 Å². The molecule has 1 fully saturated rings. The van der Waals surface area contributed by atoms with Crippen molar-refractivity contribution < 1.29 is 9.90 Å². The zero-order valence-electron chi connectivity index (χ0n) is 4.92. The molecule has 0 saturated heterocycles. The van der Waals surface area contributed by atoms with Gasteiger partial charge < -0.3 is 5.11 Å². The van der Waals surface area contributed by atoms with Crippen molar-refractivity contribution in [2.75, 3.05) is 0 Å². The van der Waals surface area contributed by atoms with Crippen molar-refractivity contribution in [3.05, 3.63) is 0 Å². The van der Waals surface area contributed by atoms with Gasteiger partial charge in [0.15, 0.2) is 5.41 Å². The Kier molecular flexibility index (Phi) is 1.17. The second-order valence-electron chi connectivity index (χ2n) is 2.35. The molecule has 1 aliphatic carbocycles. The van der Waals surface area contributed by atoms with Crippen molar-refractivity contribution in [2.45, 2.75) is 19.3 Å². The van der Waals surface area contributed by atoms with Crippen LogP contribution in [0.3, 0.4) is 0 Å². The quantitative estimate of drug-likeness (QED) is 0.562. The Labute approximate surface area is 52.9 Å². The van der Waals surface area contributed by atoms with E-state index >= 15 is 0 Å². The van der Waals surface area contributed by atoms with Gasteiger partial charge in [0.2, 0.25) is 0 Å². The average Bonchev–Trinajstić information content (AvgIpc) is 1.62. The predicted molar refractivity (Wildman–Crippen MR) is 29.5 cm³/mol. The van der Waals surface area contributed by atoms with Gasteiger partial charge in [0.25, 0.3) is 0 Å². The third kappa shape index (κ3) is 0.672. The van der Waals surface area contributed by atoms with Gasteiger partial charge >= 0.3 is 5.97 Å². The molecule has 0 aromatic heterocycles. The van der Waals surface area contributed by atoms with Crippen molar-refractivity contribution >= 4 is 5.97 Å². The van der Waals surface area contributed by atoms with Crippen molar-refractivity contribution in [3.8, 4) is 6.07 Å². The van der Waals surface area contributed by atoms with E-state index in [1.165, 1.54) is 0 Å². The summed E-state index contributed by atoms with van der Waals surface area (Å²) in [7, 11) is 0. The van der Waals surface area contributed by atoms with E-state index in [9.17, 15) is 4.79 Å². The van der Waals surface area contributed by atoms with E-state index in [4.69, 9.17) is 10.4 Å². The number of nitrogens with zero attached hydrogens (tertiary/aromatic N) is 1. The summed E-state index contributed by atoms with van der Waals surface area (Å²) in [6.45, 7) is 0. The SMILES string of the molecule is N#CC1(C(=O)O)CCC1. The summed E-state index contributed by atoms with van der Waals surface area (Å²) in [4.78, 5) is 10.3. The number of aliphatic carboxylic acids is 1. The zero-order chi connectivity index (χ0) is 6.91. The summed E-state index contributed by atoms with van der Waals surface area (Å²) in [5.41, 5.74) is -1.01. The maximum absolute atomic E-state index is 10.3. The average molecular weight is 125 g/mol. The Morgan fingerprint density at radius 3 is 2.22 bits per heavy atom. The molecule has 1 N–H and O–H groups in total. The zero-order valence-corrected chi connectivity index (χ0v) is 4.92. The molecule has 0 amide bonds. The van der Waals surface area contributed by atoms with Crippen molar-refractivity contribution in [2.24, 2.45) is 5.41 Å². The molecule has 9 heavy (non-hydrogen) atoms. The molecular weight excluding hydrogens is 118 g/mol. The Morgan fingerprint density at radius 1 is 1.67 bits per heavy atom. The summed E-state index contributed by atoms with van der Waals surface area (Å²) < 4.78 is 0. The molecule has 0 atom stereocenters. The first-order valence-corrected chi connectivity index (χ1v) is 2.86. The molecule has 0 radical (unpaired) electrons. The number of carboxylic acid groups (broad SMARTS) is 1. The van der Waals surface area contributed by atoms with E-state index in [0.717, 1.165) is 6.42 Å². The highest BCUT2D eigenvalue weighted by molar-refractivity contribution is 5.79. The van der Waals surface area contributed by atoms with Gasteiger partial charge in [-0.05, 0) is 19.3 Å². The maximum Gasteiger partial charge on any atom is 0.324 e. The highest BCUT2D eigenvalue weighted by Crippen LogP contribution is 2.40. The molecule has 0 heterocycles. The molecule has 3 heteroatoms. The normalized spacial score (nSPS) is 21.7. The molecule has 48 valence electrons. The second kappa shape index (κ2) is 1.73. The predicted octanol–water partition coefficient (Wildman–Crippen LogP) is 0.765. The van der Waals surface area contributed by atoms with E-state index in [1.807, 2.05) is 6.07 Å². The fourth-order valence-electron chi connectivity index (χ4n) is 0.904. The minimum atomic E-state index is -1.01. The van der Waals surface area contributed by atoms with E-state index in [-0.39, 0.29) is 0 Å². The molecule has 3 nitrogen and oxygen atoms in total. The molecule has 1 saturated carbocycles. The fourth-order valence-corrected chi connectivity index (χ4v) is 0.904. The van der Waals surface area contributed by atoms with Crippen LogP contribution in [0.2, 0.25) is 0 Å². The lowest BCUT2D eigenvalue weighted by atomic mass is 9.70. The van der Waals surface area contributed by atoms with Crippen LogP contribution >= 0.6 is 0 Å². The van der Waals surface area contributed by atoms with Crippen molar-refractivity contribution in [1.29, 1.82) is 5.26 Å². The van der Waals surface area contributed by atoms with Gasteiger partial charge in [-0.15, -0.1) is 0 Å². The van der Waals surface area contributed by atoms with E-state index in [1.54, 1.807) is 0 Å². The Balaban J connectivity index is 2.71. The fraction of sp³-hybridized carbons (Fsp3) is 0.667. The summed E-state index contributed by atoms with van der Waals surface area (Å²) in [5.74, 6) is -0.962. The van der Waals surface area contributed by atoms with Gasteiger partial charge in [0.1, 0.15) is 0 Å². The molecule has 0 bridgehead atoms. The molecule has 1 aliphatic rings. The minimum Gasteiger partial charge on any atom is -0.480 e. The van der Waals surface area contributed by atoms with E-state index < -0.39 is 11.4 Å². The summed E-state index contributed by atoms with van der Waals surface area (Å²) in [6.07, 6.45) is 1.93. The lowest BCUT2D eigenvalue weighted by Gasteiger charge is -2.29. The van der Waals surface area contributed by atoms with Gasteiger partial charge in [-0.2, -0.15) is 5.26 Å².